The van der Waals surface area contributed by atoms with Gasteiger partial charge in [-0.3, -0.25) is 9.59 Å². The smallest absolute Gasteiger partial charge is 0.408 e. The van der Waals surface area contributed by atoms with E-state index in [2.05, 4.69) is 5.32 Å². The number of nitrogens with one attached hydrogen (secondary N) is 1. The van der Waals surface area contributed by atoms with Gasteiger partial charge in [0.05, 0.1) is 6.54 Å². The molecule has 3 amide bonds. The molecule has 0 saturated carbocycles. The highest BCUT2D eigenvalue weighted by Crippen LogP contribution is 2.33. The first kappa shape index (κ1) is 31.4. The summed E-state index contributed by atoms with van der Waals surface area (Å²) in [5, 5.41) is 2.97. The topological polar surface area (TPSA) is 116 Å². The second-order valence-corrected chi connectivity index (χ2v) is 13.2. The molecule has 13 heteroatoms. The molecule has 1 N–H and O–H groups in total. The molecule has 3 atom stereocenters. The zero-order valence-electron chi connectivity index (χ0n) is 24.1. The van der Waals surface area contributed by atoms with Crippen LogP contribution >= 0.6 is 11.6 Å². The van der Waals surface area contributed by atoms with Crippen LogP contribution in [-0.4, -0.2) is 77.8 Å². The van der Waals surface area contributed by atoms with Crippen LogP contribution in [0.15, 0.2) is 83.8 Å². The Morgan fingerprint density at radius 1 is 0.955 bits per heavy atom. The zero-order valence-corrected chi connectivity index (χ0v) is 25.7. The van der Waals surface area contributed by atoms with Crippen molar-refractivity contribution < 1.29 is 31.9 Å². The van der Waals surface area contributed by atoms with Crippen molar-refractivity contribution in [3.8, 4) is 0 Å². The van der Waals surface area contributed by atoms with Gasteiger partial charge in [-0.1, -0.05) is 66.2 Å². The van der Waals surface area contributed by atoms with Gasteiger partial charge in [-0.2, -0.15) is 4.31 Å². The monoisotopic (exact) mass is 642 g/mol. The number of alkyl carbamates (subject to hydrolysis) is 1. The van der Waals surface area contributed by atoms with Gasteiger partial charge < -0.3 is 19.9 Å². The summed E-state index contributed by atoms with van der Waals surface area (Å²) in [6, 6.07) is 17.7. The van der Waals surface area contributed by atoms with E-state index in [0.717, 1.165) is 16.4 Å². The van der Waals surface area contributed by atoms with Gasteiger partial charge in [-0.25, -0.2) is 17.6 Å². The summed E-state index contributed by atoms with van der Waals surface area (Å²) in [6.45, 7) is 2.86. The average molecular weight is 643 g/mol. The van der Waals surface area contributed by atoms with Crippen molar-refractivity contribution >= 4 is 39.5 Å². The summed E-state index contributed by atoms with van der Waals surface area (Å²) >= 11 is 6.06. The number of hydrogen-bond acceptors (Lipinski definition) is 6. The predicted molar refractivity (Wildman–Crippen MR) is 160 cm³/mol. The maximum absolute atomic E-state index is 14.9. The molecule has 2 aliphatic heterocycles. The third kappa shape index (κ3) is 6.42. The van der Waals surface area contributed by atoms with Gasteiger partial charge in [0.15, 0.2) is 0 Å². The van der Waals surface area contributed by atoms with Gasteiger partial charge >= 0.3 is 6.09 Å². The quantitative estimate of drug-likeness (QED) is 0.400. The molecule has 10 nitrogen and oxygen atoms in total. The molecule has 2 heterocycles. The van der Waals surface area contributed by atoms with E-state index in [1.54, 1.807) is 62.4 Å². The van der Waals surface area contributed by atoms with Gasteiger partial charge in [0.1, 0.15) is 35.6 Å². The van der Waals surface area contributed by atoms with Crippen molar-refractivity contribution in [3.63, 3.8) is 0 Å². The van der Waals surface area contributed by atoms with E-state index in [-0.39, 0.29) is 31.5 Å². The minimum absolute atomic E-state index is 0.0558. The van der Waals surface area contributed by atoms with Crippen LogP contribution in [0.2, 0.25) is 5.02 Å². The van der Waals surface area contributed by atoms with Crippen LogP contribution in [-0.2, 0) is 37.4 Å². The van der Waals surface area contributed by atoms with Crippen molar-refractivity contribution in [1.82, 2.24) is 19.4 Å². The fourth-order valence-corrected chi connectivity index (χ4v) is 7.29. The molecule has 3 aromatic rings. The number of halogens is 2. The lowest BCUT2D eigenvalue weighted by atomic mass is 9.96. The van der Waals surface area contributed by atoms with E-state index in [1.165, 1.54) is 21.9 Å². The minimum Gasteiger partial charge on any atom is -0.445 e. The first-order valence-corrected chi connectivity index (χ1v) is 15.9. The summed E-state index contributed by atoms with van der Waals surface area (Å²) in [4.78, 5) is 43.0. The molecule has 0 aromatic heterocycles. The van der Waals surface area contributed by atoms with Crippen molar-refractivity contribution in [1.29, 1.82) is 0 Å². The van der Waals surface area contributed by atoms with E-state index in [1.807, 2.05) is 6.07 Å². The van der Waals surface area contributed by atoms with Crippen LogP contribution in [0.1, 0.15) is 25.0 Å². The molecule has 232 valence electrons. The van der Waals surface area contributed by atoms with Crippen LogP contribution in [0.25, 0.3) is 0 Å². The lowest BCUT2D eigenvalue weighted by Gasteiger charge is -2.54. The molecule has 2 fully saturated rings. The lowest BCUT2D eigenvalue weighted by Crippen LogP contribution is -2.76. The second-order valence-electron chi connectivity index (χ2n) is 10.9. The normalized spacial score (nSPS) is 20.9. The average Bonchev–Trinajstić information content (AvgIpc) is 3.00. The van der Waals surface area contributed by atoms with Gasteiger partial charge in [0, 0.05) is 24.0 Å². The summed E-state index contributed by atoms with van der Waals surface area (Å²) < 4.78 is 49.3. The van der Waals surface area contributed by atoms with Crippen molar-refractivity contribution in [2.24, 2.45) is 0 Å². The second kappa shape index (κ2) is 12.9. The van der Waals surface area contributed by atoms with E-state index < -0.39 is 57.5 Å². The number of amides is 3. The molecule has 0 spiro atoms. The predicted octanol–water partition coefficient (Wildman–Crippen LogP) is 3.80. The fourth-order valence-electron chi connectivity index (χ4n) is 5.51. The highest BCUT2D eigenvalue weighted by atomic mass is 35.5. The summed E-state index contributed by atoms with van der Waals surface area (Å²) in [5.41, 5.74) is 1.39. The highest BCUT2D eigenvalue weighted by Gasteiger charge is 2.54. The zero-order chi connectivity index (χ0) is 31.6. The Kier molecular flexibility index (Phi) is 9.23. The summed E-state index contributed by atoms with van der Waals surface area (Å²) in [7, 11) is -4.56. The molecule has 5 rings (SSSR count). The largest absolute Gasteiger partial charge is 0.445 e. The molecule has 2 aliphatic rings. The maximum atomic E-state index is 14.9. The van der Waals surface area contributed by atoms with Crippen molar-refractivity contribution in [2.75, 3.05) is 13.1 Å². The van der Waals surface area contributed by atoms with E-state index >= 15 is 0 Å². The Morgan fingerprint density at radius 2 is 1.61 bits per heavy atom. The standard InChI is InChI=1S/C31H32ClFN4O6S/c1-20(2)35-18-28-36(44(41,42)27-11-7-6-10-24(27)33)17-25(34-31(40)43-19-22-8-4-3-5-9-22)29(38)37(28)26(30(35)39)16-21-12-14-23(32)15-13-21/h3-15,20,25-26,28H,16-19H2,1-2H3,(H,34,40). The van der Waals surface area contributed by atoms with Crippen LogP contribution in [0.4, 0.5) is 9.18 Å². The van der Waals surface area contributed by atoms with Crippen molar-refractivity contribution in [3.05, 3.63) is 101 Å². The highest BCUT2D eigenvalue weighted by molar-refractivity contribution is 7.89. The molecule has 0 radical (unpaired) electrons. The molecular formula is C31H32ClFN4O6S. The van der Waals surface area contributed by atoms with Gasteiger partial charge in [-0.15, -0.1) is 0 Å². The third-order valence-corrected chi connectivity index (χ3v) is 9.88. The van der Waals surface area contributed by atoms with Gasteiger partial charge in [0.2, 0.25) is 21.8 Å². The van der Waals surface area contributed by atoms with Crippen molar-refractivity contribution in [2.45, 2.75) is 56.1 Å². The SMILES string of the molecule is CC(C)N1CC2N(C(=O)C(NC(=O)OCc3ccccc3)CN2S(=O)(=O)c2ccccc2F)C(Cc2ccc(Cl)cc2)C1=O. The number of hydrogen-bond donors (Lipinski definition) is 1. The number of piperazine rings is 1. The van der Waals surface area contributed by atoms with Crippen LogP contribution in [0.5, 0.6) is 0 Å². The summed E-state index contributed by atoms with van der Waals surface area (Å²) in [5.74, 6) is -1.99. The molecule has 3 aromatic carbocycles. The number of fused-ring (bicyclic) bond motifs is 1. The third-order valence-electron chi connectivity index (χ3n) is 7.73. The van der Waals surface area contributed by atoms with E-state index in [0.29, 0.717) is 16.1 Å². The van der Waals surface area contributed by atoms with Crippen LogP contribution in [0, 0.1) is 5.82 Å². The Hall–Kier alpha value is -4.00. The molecular weight excluding hydrogens is 611 g/mol. The number of nitrogens with zero attached hydrogens (tertiary/aromatic N) is 3. The first-order chi connectivity index (χ1) is 21.0. The van der Waals surface area contributed by atoms with Gasteiger partial charge in [-0.05, 0) is 49.2 Å². The molecule has 0 aliphatic carbocycles. The minimum atomic E-state index is -4.56. The lowest BCUT2D eigenvalue weighted by molar-refractivity contribution is -0.168. The number of sulfonamides is 1. The molecule has 2 saturated heterocycles. The van der Waals surface area contributed by atoms with E-state index in [9.17, 15) is 27.2 Å². The molecule has 3 unspecified atom stereocenters. The number of carbonyl (C=O) groups excluding carboxylic acids is 3. The number of carbonyl (C=O) groups is 3. The maximum Gasteiger partial charge on any atom is 0.408 e. The molecule has 44 heavy (non-hydrogen) atoms. The Balaban J connectivity index is 1.53. The fraction of sp³-hybridized carbons (Fsp3) is 0.323. The van der Waals surface area contributed by atoms with E-state index in [4.69, 9.17) is 16.3 Å². The summed E-state index contributed by atoms with van der Waals surface area (Å²) in [6.07, 6.45) is -2.06. The Morgan fingerprint density at radius 3 is 2.27 bits per heavy atom. The number of ether oxygens (including phenoxy) is 1. The van der Waals surface area contributed by atoms with Crippen LogP contribution < -0.4 is 5.32 Å². The first-order valence-electron chi connectivity index (χ1n) is 14.1. The van der Waals surface area contributed by atoms with Crippen LogP contribution in [0.3, 0.4) is 0 Å². The molecule has 0 bridgehead atoms. The Labute approximate surface area is 260 Å². The van der Waals surface area contributed by atoms with Gasteiger partial charge in [0.25, 0.3) is 0 Å². The Bertz CT molecular complexity index is 1640. The number of rotatable bonds is 8. The number of benzene rings is 3.